The molecule has 0 spiro atoms. The number of hydrogen-bond acceptors (Lipinski definition) is 8. The van der Waals surface area contributed by atoms with E-state index in [0.717, 1.165) is 12.1 Å². The van der Waals surface area contributed by atoms with Gasteiger partial charge in [-0.1, -0.05) is 12.1 Å². The number of nitrogens with two attached hydrogens (primary N) is 2. The van der Waals surface area contributed by atoms with E-state index in [1.54, 1.807) is 0 Å². The topological polar surface area (TPSA) is 179 Å². The van der Waals surface area contributed by atoms with Crippen LogP contribution in [-0.4, -0.2) is 25.3 Å². The van der Waals surface area contributed by atoms with E-state index in [2.05, 4.69) is 9.44 Å². The molecule has 4 rings (SSSR count). The van der Waals surface area contributed by atoms with Crippen LogP contribution in [0.5, 0.6) is 0 Å². The summed E-state index contributed by atoms with van der Waals surface area (Å²) in [7, 11) is -12.5. The molecule has 4 aromatic rings. The first-order valence-electron chi connectivity index (χ1n) is 10.6. The largest absolute Gasteiger partial charge is 0.399 e. The summed E-state index contributed by atoms with van der Waals surface area (Å²) < 4.78 is 82.8. The Kier molecular flexibility index (Phi) is 6.86. The van der Waals surface area contributed by atoms with Crippen molar-refractivity contribution in [3.8, 4) is 0 Å². The highest BCUT2D eigenvalue weighted by atomic mass is 32.2. The molecule has 0 aliphatic rings. The van der Waals surface area contributed by atoms with Crippen molar-refractivity contribution in [1.29, 1.82) is 0 Å². The van der Waals surface area contributed by atoms with E-state index < -0.39 is 29.9 Å². The fourth-order valence-corrected chi connectivity index (χ4v) is 6.99. The first kappa shape index (κ1) is 26.0. The second-order valence-corrected chi connectivity index (χ2v) is 13.2. The molecule has 0 radical (unpaired) electrons. The van der Waals surface area contributed by atoms with Gasteiger partial charge in [0, 0.05) is 22.7 Å². The van der Waals surface area contributed by atoms with Crippen LogP contribution in [-0.2, 0) is 29.9 Å². The molecule has 0 heterocycles. The summed E-state index contributed by atoms with van der Waals surface area (Å²) in [5.41, 5.74) is 12.6. The minimum absolute atomic E-state index is 0.244. The van der Waals surface area contributed by atoms with Crippen LogP contribution >= 0.6 is 0 Å². The molecular formula is C24H22N4O6S3. The van der Waals surface area contributed by atoms with Crippen molar-refractivity contribution in [2.75, 3.05) is 20.9 Å². The van der Waals surface area contributed by atoms with Crippen LogP contribution in [0, 0.1) is 0 Å². The summed E-state index contributed by atoms with van der Waals surface area (Å²) >= 11 is 0. The number of sulfonamides is 2. The number of sulfone groups is 1. The third-order valence-electron chi connectivity index (χ3n) is 5.18. The van der Waals surface area contributed by atoms with Crippen molar-refractivity contribution in [3.05, 3.63) is 97.1 Å². The maximum atomic E-state index is 13.3. The first-order valence-corrected chi connectivity index (χ1v) is 15.0. The molecule has 0 atom stereocenters. The van der Waals surface area contributed by atoms with Crippen LogP contribution in [0.2, 0.25) is 0 Å². The minimum Gasteiger partial charge on any atom is -0.399 e. The molecule has 37 heavy (non-hydrogen) atoms. The Morgan fingerprint density at radius 1 is 0.459 bits per heavy atom. The molecule has 0 unspecified atom stereocenters. The molecule has 0 saturated heterocycles. The SMILES string of the molecule is Nc1ccc(NS(=O)(=O)c2cccc(S(=O)(=O)c3cccc(S(=O)(=O)Nc4ccc(N)cc4)c3)c2)cc1. The summed E-state index contributed by atoms with van der Waals surface area (Å²) in [6.07, 6.45) is 0. The molecule has 0 fully saturated rings. The van der Waals surface area contributed by atoms with Gasteiger partial charge in [0.15, 0.2) is 0 Å². The van der Waals surface area contributed by atoms with Gasteiger partial charge in [-0.15, -0.1) is 0 Å². The lowest BCUT2D eigenvalue weighted by atomic mass is 10.3. The minimum atomic E-state index is -4.28. The summed E-state index contributed by atoms with van der Waals surface area (Å²) in [6.45, 7) is 0. The van der Waals surface area contributed by atoms with Crippen molar-refractivity contribution < 1.29 is 25.3 Å². The number of rotatable bonds is 8. The van der Waals surface area contributed by atoms with E-state index in [-0.39, 0.29) is 31.0 Å². The van der Waals surface area contributed by atoms with E-state index in [1.165, 1.54) is 84.9 Å². The van der Waals surface area contributed by atoms with Gasteiger partial charge in [0.25, 0.3) is 20.0 Å². The molecule has 10 nitrogen and oxygen atoms in total. The maximum absolute atomic E-state index is 13.3. The zero-order valence-corrected chi connectivity index (χ0v) is 21.5. The summed E-state index contributed by atoms with van der Waals surface area (Å²) in [4.78, 5) is -1.24. The fraction of sp³-hybridized carbons (Fsp3) is 0. The smallest absolute Gasteiger partial charge is 0.261 e. The maximum Gasteiger partial charge on any atom is 0.261 e. The van der Waals surface area contributed by atoms with Gasteiger partial charge >= 0.3 is 0 Å². The van der Waals surface area contributed by atoms with E-state index in [4.69, 9.17) is 11.5 Å². The number of hydrogen-bond donors (Lipinski definition) is 4. The van der Waals surface area contributed by atoms with Crippen LogP contribution in [0.25, 0.3) is 0 Å². The van der Waals surface area contributed by atoms with Gasteiger partial charge in [-0.2, -0.15) is 0 Å². The Morgan fingerprint density at radius 2 is 0.784 bits per heavy atom. The van der Waals surface area contributed by atoms with Crippen LogP contribution < -0.4 is 20.9 Å². The van der Waals surface area contributed by atoms with Gasteiger partial charge in [-0.3, -0.25) is 9.44 Å². The highest BCUT2D eigenvalue weighted by Crippen LogP contribution is 2.27. The fourth-order valence-electron chi connectivity index (χ4n) is 3.28. The molecule has 0 saturated carbocycles. The average Bonchev–Trinajstić information content (AvgIpc) is 2.87. The van der Waals surface area contributed by atoms with Gasteiger partial charge in [0.2, 0.25) is 9.84 Å². The van der Waals surface area contributed by atoms with Gasteiger partial charge in [-0.05, 0) is 84.9 Å². The quantitative estimate of drug-likeness (QED) is 0.238. The third-order valence-corrected chi connectivity index (χ3v) is 9.69. The molecule has 0 bridgehead atoms. The summed E-state index contributed by atoms with van der Waals surface area (Å²) in [5, 5.41) is 0. The van der Waals surface area contributed by atoms with Gasteiger partial charge in [-0.25, -0.2) is 25.3 Å². The Bertz CT molecular complexity index is 1640. The Labute approximate surface area is 215 Å². The molecule has 0 aliphatic carbocycles. The number of anilines is 4. The van der Waals surface area contributed by atoms with Crippen molar-refractivity contribution in [2.45, 2.75) is 19.6 Å². The first-order chi connectivity index (χ1) is 17.4. The van der Waals surface area contributed by atoms with Crippen LogP contribution in [0.4, 0.5) is 22.7 Å². The molecule has 6 N–H and O–H groups in total. The Morgan fingerprint density at radius 3 is 1.14 bits per heavy atom. The van der Waals surface area contributed by atoms with Gasteiger partial charge < -0.3 is 11.5 Å². The predicted octanol–water partition coefficient (Wildman–Crippen LogP) is 3.29. The van der Waals surface area contributed by atoms with Crippen molar-refractivity contribution in [1.82, 2.24) is 0 Å². The predicted molar refractivity (Wildman–Crippen MR) is 142 cm³/mol. The Hall–Kier alpha value is -4.07. The van der Waals surface area contributed by atoms with Crippen molar-refractivity contribution >= 4 is 52.6 Å². The molecule has 13 heteroatoms. The lowest BCUT2D eigenvalue weighted by Crippen LogP contribution is -2.15. The lowest BCUT2D eigenvalue weighted by molar-refractivity contribution is 0.595. The van der Waals surface area contributed by atoms with E-state index in [0.29, 0.717) is 11.4 Å². The van der Waals surface area contributed by atoms with E-state index in [1.807, 2.05) is 0 Å². The highest BCUT2D eigenvalue weighted by Gasteiger charge is 2.24. The molecule has 0 aliphatic heterocycles. The van der Waals surface area contributed by atoms with E-state index >= 15 is 0 Å². The van der Waals surface area contributed by atoms with Crippen molar-refractivity contribution in [3.63, 3.8) is 0 Å². The highest BCUT2D eigenvalue weighted by molar-refractivity contribution is 7.93. The lowest BCUT2D eigenvalue weighted by Gasteiger charge is -2.12. The van der Waals surface area contributed by atoms with Crippen molar-refractivity contribution in [2.24, 2.45) is 0 Å². The third kappa shape index (κ3) is 5.85. The van der Waals surface area contributed by atoms with Gasteiger partial charge in [0.1, 0.15) is 0 Å². The zero-order chi connectivity index (χ0) is 26.8. The van der Waals surface area contributed by atoms with Crippen LogP contribution in [0.3, 0.4) is 0 Å². The molecular weight excluding hydrogens is 536 g/mol. The standard InChI is InChI=1S/C24H22N4O6S3/c25-17-7-11-19(12-8-17)27-36(31,32)23-5-1-3-21(15-23)35(29,30)22-4-2-6-24(16-22)37(33,34)28-20-13-9-18(26)10-14-20/h1-16,27-28H,25-26H2. The molecule has 0 amide bonds. The number of nitrogens with one attached hydrogen (secondary N) is 2. The molecule has 0 aromatic heterocycles. The Balaban J connectivity index is 1.65. The number of nitrogen functional groups attached to an aromatic ring is 2. The van der Waals surface area contributed by atoms with Crippen LogP contribution in [0.1, 0.15) is 0 Å². The normalized spacial score (nSPS) is 12.1. The molecule has 192 valence electrons. The zero-order valence-electron chi connectivity index (χ0n) is 19.1. The van der Waals surface area contributed by atoms with Gasteiger partial charge in [0.05, 0.1) is 19.6 Å². The molecule has 4 aromatic carbocycles. The second kappa shape index (κ2) is 9.76. The summed E-state index contributed by atoms with van der Waals surface area (Å²) in [6, 6.07) is 21.5. The average molecular weight is 559 g/mol. The second-order valence-electron chi connectivity index (χ2n) is 7.91. The monoisotopic (exact) mass is 558 g/mol. The van der Waals surface area contributed by atoms with Crippen LogP contribution in [0.15, 0.2) is 117 Å². The number of benzene rings is 4. The van der Waals surface area contributed by atoms with E-state index in [9.17, 15) is 25.3 Å². The summed E-state index contributed by atoms with van der Waals surface area (Å²) in [5.74, 6) is 0.